The molecule has 0 atom stereocenters. The standard InChI is InChI=1S/C21H19N3O5/c1-3-27-21(26)17-11-22-24(13(17)2)16-7-4-14(5-8-16)20(25)23-15-6-9-18-19(10-15)29-12-28-18/h4-11H,3,12H2,1-2H3,(H,23,25). The Hall–Kier alpha value is -3.81. The predicted octanol–water partition coefficient (Wildman–Crippen LogP) is 3.34. The Morgan fingerprint density at radius 2 is 1.90 bits per heavy atom. The highest BCUT2D eigenvalue weighted by atomic mass is 16.7. The average molecular weight is 393 g/mol. The van der Waals surface area contributed by atoms with Gasteiger partial charge in [-0.25, -0.2) is 9.48 Å². The largest absolute Gasteiger partial charge is 0.462 e. The molecule has 0 unspecified atom stereocenters. The molecule has 0 bridgehead atoms. The number of fused-ring (bicyclic) bond motifs is 1. The lowest BCUT2D eigenvalue weighted by atomic mass is 10.1. The van der Waals surface area contributed by atoms with Crippen LogP contribution in [0.5, 0.6) is 11.5 Å². The van der Waals surface area contributed by atoms with E-state index in [2.05, 4.69) is 10.4 Å². The molecule has 2 aromatic carbocycles. The minimum Gasteiger partial charge on any atom is -0.462 e. The fourth-order valence-corrected chi connectivity index (χ4v) is 3.01. The lowest BCUT2D eigenvalue weighted by molar-refractivity contribution is 0.0525. The zero-order valence-electron chi connectivity index (χ0n) is 16.0. The molecule has 0 saturated heterocycles. The molecule has 0 saturated carbocycles. The first-order valence-corrected chi connectivity index (χ1v) is 9.10. The van der Waals surface area contributed by atoms with E-state index in [1.807, 2.05) is 0 Å². The maximum atomic E-state index is 12.5. The minimum absolute atomic E-state index is 0.179. The second-order valence-corrected chi connectivity index (χ2v) is 6.34. The third kappa shape index (κ3) is 3.64. The van der Waals surface area contributed by atoms with Crippen LogP contribution in [0.1, 0.15) is 33.3 Å². The number of anilines is 1. The Labute approximate surface area is 167 Å². The molecular formula is C21H19N3O5. The summed E-state index contributed by atoms with van der Waals surface area (Å²) in [5, 5.41) is 7.09. The molecule has 1 N–H and O–H groups in total. The fraction of sp³-hybridized carbons (Fsp3) is 0.190. The number of benzene rings is 2. The number of carbonyl (C=O) groups is 2. The topological polar surface area (TPSA) is 91.7 Å². The molecular weight excluding hydrogens is 374 g/mol. The van der Waals surface area contributed by atoms with Crippen molar-refractivity contribution in [3.05, 3.63) is 65.5 Å². The van der Waals surface area contributed by atoms with Crippen LogP contribution < -0.4 is 14.8 Å². The SMILES string of the molecule is CCOC(=O)c1cnn(-c2ccc(C(=O)Nc3ccc4c(c3)OCO4)cc2)c1C. The summed E-state index contributed by atoms with van der Waals surface area (Å²) in [6, 6.07) is 12.2. The third-order valence-electron chi connectivity index (χ3n) is 4.51. The molecule has 2 heterocycles. The van der Waals surface area contributed by atoms with Gasteiger partial charge in [0.25, 0.3) is 5.91 Å². The average Bonchev–Trinajstić information content (AvgIpc) is 3.34. The molecule has 0 fully saturated rings. The molecule has 0 radical (unpaired) electrons. The number of rotatable bonds is 5. The molecule has 0 spiro atoms. The van der Waals surface area contributed by atoms with Gasteiger partial charge in [0, 0.05) is 17.3 Å². The van der Waals surface area contributed by atoms with E-state index in [4.69, 9.17) is 14.2 Å². The smallest absolute Gasteiger partial charge is 0.341 e. The van der Waals surface area contributed by atoms with Crippen molar-refractivity contribution in [2.75, 3.05) is 18.7 Å². The van der Waals surface area contributed by atoms with Crippen LogP contribution in [0.2, 0.25) is 0 Å². The van der Waals surface area contributed by atoms with Gasteiger partial charge in [0.05, 0.1) is 24.2 Å². The fourth-order valence-electron chi connectivity index (χ4n) is 3.01. The maximum absolute atomic E-state index is 12.5. The number of nitrogens with one attached hydrogen (secondary N) is 1. The number of hydrogen-bond donors (Lipinski definition) is 1. The Morgan fingerprint density at radius 3 is 2.66 bits per heavy atom. The number of esters is 1. The molecule has 8 heteroatoms. The monoisotopic (exact) mass is 393 g/mol. The van der Waals surface area contributed by atoms with Crippen molar-refractivity contribution >= 4 is 17.6 Å². The number of nitrogens with zero attached hydrogens (tertiary/aromatic N) is 2. The van der Waals surface area contributed by atoms with Crippen LogP contribution in [-0.2, 0) is 4.74 Å². The van der Waals surface area contributed by atoms with Crippen LogP contribution in [0.25, 0.3) is 5.69 Å². The molecule has 148 valence electrons. The minimum atomic E-state index is -0.407. The van der Waals surface area contributed by atoms with Gasteiger partial charge in [-0.15, -0.1) is 0 Å². The van der Waals surface area contributed by atoms with Crippen molar-refractivity contribution in [2.24, 2.45) is 0 Å². The van der Waals surface area contributed by atoms with Crippen LogP contribution in [-0.4, -0.2) is 35.1 Å². The lowest BCUT2D eigenvalue weighted by Gasteiger charge is -2.08. The quantitative estimate of drug-likeness (QED) is 0.669. The van der Waals surface area contributed by atoms with Gasteiger partial charge in [0.15, 0.2) is 11.5 Å². The van der Waals surface area contributed by atoms with Crippen molar-refractivity contribution in [2.45, 2.75) is 13.8 Å². The summed E-state index contributed by atoms with van der Waals surface area (Å²) >= 11 is 0. The van der Waals surface area contributed by atoms with E-state index in [0.29, 0.717) is 40.6 Å². The Bertz CT molecular complexity index is 1070. The molecule has 1 aliphatic rings. The Kier molecular flexibility index (Phi) is 4.90. The van der Waals surface area contributed by atoms with Gasteiger partial charge < -0.3 is 19.5 Å². The molecule has 1 aliphatic heterocycles. The first-order valence-electron chi connectivity index (χ1n) is 9.10. The van der Waals surface area contributed by atoms with E-state index in [9.17, 15) is 9.59 Å². The van der Waals surface area contributed by atoms with Crippen molar-refractivity contribution in [1.29, 1.82) is 0 Å². The number of aromatic nitrogens is 2. The van der Waals surface area contributed by atoms with E-state index in [1.165, 1.54) is 6.20 Å². The lowest BCUT2D eigenvalue weighted by Crippen LogP contribution is -2.12. The van der Waals surface area contributed by atoms with Crippen molar-refractivity contribution < 1.29 is 23.8 Å². The molecule has 8 nitrogen and oxygen atoms in total. The Balaban J connectivity index is 1.49. The summed E-state index contributed by atoms with van der Waals surface area (Å²) in [5.74, 6) is 0.602. The first kappa shape index (κ1) is 18.5. The molecule has 1 amide bonds. The summed E-state index contributed by atoms with van der Waals surface area (Å²) in [5.41, 5.74) is 2.92. The highest BCUT2D eigenvalue weighted by Gasteiger charge is 2.17. The van der Waals surface area contributed by atoms with E-state index >= 15 is 0 Å². The van der Waals surface area contributed by atoms with Crippen molar-refractivity contribution in [1.82, 2.24) is 9.78 Å². The summed E-state index contributed by atoms with van der Waals surface area (Å²) in [7, 11) is 0. The van der Waals surface area contributed by atoms with Crippen LogP contribution in [0.3, 0.4) is 0 Å². The first-order chi connectivity index (χ1) is 14.1. The molecule has 3 aromatic rings. The van der Waals surface area contributed by atoms with E-state index < -0.39 is 5.97 Å². The van der Waals surface area contributed by atoms with Gasteiger partial charge in [0.1, 0.15) is 5.56 Å². The van der Waals surface area contributed by atoms with Crippen LogP contribution in [0, 0.1) is 6.92 Å². The summed E-state index contributed by atoms with van der Waals surface area (Å²) < 4.78 is 17.2. The van der Waals surface area contributed by atoms with Gasteiger partial charge in [-0.2, -0.15) is 5.10 Å². The third-order valence-corrected chi connectivity index (χ3v) is 4.51. The zero-order valence-corrected chi connectivity index (χ0v) is 16.0. The zero-order chi connectivity index (χ0) is 20.4. The number of hydrogen-bond acceptors (Lipinski definition) is 6. The molecule has 4 rings (SSSR count). The van der Waals surface area contributed by atoms with E-state index in [-0.39, 0.29) is 12.7 Å². The van der Waals surface area contributed by atoms with E-state index in [0.717, 1.165) is 5.69 Å². The van der Waals surface area contributed by atoms with Gasteiger partial charge in [-0.1, -0.05) is 0 Å². The highest BCUT2D eigenvalue weighted by Crippen LogP contribution is 2.34. The van der Waals surface area contributed by atoms with Crippen LogP contribution >= 0.6 is 0 Å². The summed E-state index contributed by atoms with van der Waals surface area (Å²) in [6.07, 6.45) is 1.48. The molecule has 0 aliphatic carbocycles. The van der Waals surface area contributed by atoms with E-state index in [1.54, 1.807) is 61.0 Å². The second-order valence-electron chi connectivity index (χ2n) is 6.34. The highest BCUT2D eigenvalue weighted by molar-refractivity contribution is 6.04. The van der Waals surface area contributed by atoms with Crippen LogP contribution in [0.4, 0.5) is 5.69 Å². The van der Waals surface area contributed by atoms with Gasteiger partial charge >= 0.3 is 5.97 Å². The second kappa shape index (κ2) is 7.67. The summed E-state index contributed by atoms with van der Waals surface area (Å²) in [4.78, 5) is 24.5. The summed E-state index contributed by atoms with van der Waals surface area (Å²) in [6.45, 7) is 4.03. The predicted molar refractivity (Wildman–Crippen MR) is 105 cm³/mol. The molecule has 29 heavy (non-hydrogen) atoms. The number of amides is 1. The van der Waals surface area contributed by atoms with Gasteiger partial charge in [-0.05, 0) is 50.2 Å². The maximum Gasteiger partial charge on any atom is 0.341 e. The number of carbonyl (C=O) groups excluding carboxylic acids is 2. The van der Waals surface area contributed by atoms with Crippen LogP contribution in [0.15, 0.2) is 48.7 Å². The van der Waals surface area contributed by atoms with Crippen molar-refractivity contribution in [3.63, 3.8) is 0 Å². The Morgan fingerprint density at radius 1 is 1.14 bits per heavy atom. The molecule has 1 aromatic heterocycles. The van der Waals surface area contributed by atoms with Gasteiger partial charge in [0.2, 0.25) is 6.79 Å². The normalized spacial score (nSPS) is 11.9. The van der Waals surface area contributed by atoms with Crippen molar-refractivity contribution in [3.8, 4) is 17.2 Å². The number of ether oxygens (including phenoxy) is 3. The van der Waals surface area contributed by atoms with Gasteiger partial charge in [-0.3, -0.25) is 4.79 Å².